The lowest BCUT2D eigenvalue weighted by Gasteiger charge is -2.28. The zero-order valence-corrected chi connectivity index (χ0v) is 15.0. The molecule has 1 fully saturated rings. The van der Waals surface area contributed by atoms with Gasteiger partial charge in [0.2, 0.25) is 0 Å². The quantitative estimate of drug-likeness (QED) is 0.783. The molecule has 2 aromatic rings. The molecule has 0 bridgehead atoms. The minimum atomic E-state index is 0.209. The number of rotatable bonds is 5. The number of hydrogen-bond acceptors (Lipinski definition) is 4. The highest BCUT2D eigenvalue weighted by Gasteiger charge is 2.25. The minimum Gasteiger partial charge on any atom is -0.491 e. The molecule has 1 aromatic carbocycles. The van der Waals surface area contributed by atoms with Crippen LogP contribution in [0.3, 0.4) is 0 Å². The topological polar surface area (TPSA) is 38.5 Å². The fourth-order valence-electron chi connectivity index (χ4n) is 3.41. The lowest BCUT2D eigenvalue weighted by atomic mass is 10.1. The molecule has 1 aliphatic rings. The van der Waals surface area contributed by atoms with Gasteiger partial charge in [-0.1, -0.05) is 30.1 Å². The number of nitrogens with zero attached hydrogens (tertiary/aromatic N) is 2. The summed E-state index contributed by atoms with van der Waals surface area (Å²) in [7, 11) is 0. The summed E-state index contributed by atoms with van der Waals surface area (Å²) >= 11 is 0. The first-order chi connectivity index (χ1) is 11.6. The molecule has 130 valence electrons. The summed E-state index contributed by atoms with van der Waals surface area (Å²) in [4.78, 5) is 2.54. The maximum absolute atomic E-state index is 5.74. The van der Waals surface area contributed by atoms with E-state index in [9.17, 15) is 0 Å². The van der Waals surface area contributed by atoms with Crippen molar-refractivity contribution >= 4 is 0 Å². The molecule has 4 nitrogen and oxygen atoms in total. The molecule has 1 aliphatic heterocycles. The Morgan fingerprint density at radius 2 is 2.00 bits per heavy atom. The molecule has 0 N–H and O–H groups in total. The molecule has 3 rings (SSSR count). The summed E-state index contributed by atoms with van der Waals surface area (Å²) < 4.78 is 11.1. The number of benzene rings is 1. The molecular weight excluding hydrogens is 300 g/mol. The van der Waals surface area contributed by atoms with Crippen LogP contribution >= 0.6 is 0 Å². The van der Waals surface area contributed by atoms with E-state index in [4.69, 9.17) is 9.26 Å². The molecule has 0 unspecified atom stereocenters. The van der Waals surface area contributed by atoms with Crippen molar-refractivity contribution in [1.82, 2.24) is 10.1 Å². The van der Waals surface area contributed by atoms with Gasteiger partial charge >= 0.3 is 0 Å². The van der Waals surface area contributed by atoms with Gasteiger partial charge in [0.15, 0.2) is 0 Å². The maximum Gasteiger partial charge on any atom is 0.133 e. The van der Waals surface area contributed by atoms with E-state index in [1.54, 1.807) is 0 Å². The van der Waals surface area contributed by atoms with E-state index in [2.05, 4.69) is 54.2 Å². The average Bonchev–Trinajstić information content (AvgIpc) is 2.84. The Hall–Kier alpha value is -1.81. The summed E-state index contributed by atoms with van der Waals surface area (Å²) in [6, 6.07) is 10.9. The van der Waals surface area contributed by atoms with Gasteiger partial charge in [0.1, 0.15) is 17.2 Å². The van der Waals surface area contributed by atoms with E-state index < -0.39 is 0 Å². The fourth-order valence-corrected chi connectivity index (χ4v) is 3.41. The molecule has 1 aromatic heterocycles. The second kappa shape index (κ2) is 7.84. The van der Waals surface area contributed by atoms with Crippen LogP contribution in [0.25, 0.3) is 0 Å². The van der Waals surface area contributed by atoms with Crippen molar-refractivity contribution in [2.24, 2.45) is 0 Å². The molecule has 2 heterocycles. The van der Waals surface area contributed by atoms with Gasteiger partial charge in [0, 0.05) is 12.6 Å². The van der Waals surface area contributed by atoms with Crippen molar-refractivity contribution in [3.63, 3.8) is 0 Å². The van der Waals surface area contributed by atoms with Crippen LogP contribution in [0.2, 0.25) is 0 Å². The second-order valence-corrected chi connectivity index (χ2v) is 7.01. The molecule has 0 amide bonds. The first-order valence-corrected chi connectivity index (χ1v) is 9.04. The SMILES string of the molecule is Cc1cc([C@H]2CCCCCN2Cc2ccc(OC(C)C)cc2)no1. The highest BCUT2D eigenvalue weighted by molar-refractivity contribution is 5.27. The van der Waals surface area contributed by atoms with Crippen LogP contribution in [-0.4, -0.2) is 22.7 Å². The molecule has 0 saturated carbocycles. The van der Waals surface area contributed by atoms with E-state index in [1.165, 1.54) is 24.8 Å². The maximum atomic E-state index is 5.74. The summed E-state index contributed by atoms with van der Waals surface area (Å²) in [6.07, 6.45) is 5.17. The van der Waals surface area contributed by atoms with Gasteiger partial charge in [-0.15, -0.1) is 0 Å². The Morgan fingerprint density at radius 1 is 1.21 bits per heavy atom. The zero-order valence-electron chi connectivity index (χ0n) is 15.0. The smallest absolute Gasteiger partial charge is 0.133 e. The van der Waals surface area contributed by atoms with Crippen LogP contribution in [-0.2, 0) is 6.54 Å². The molecule has 24 heavy (non-hydrogen) atoms. The summed E-state index contributed by atoms with van der Waals surface area (Å²) in [6.45, 7) is 8.12. The van der Waals surface area contributed by atoms with Crippen molar-refractivity contribution in [1.29, 1.82) is 0 Å². The Morgan fingerprint density at radius 3 is 2.67 bits per heavy atom. The lowest BCUT2D eigenvalue weighted by molar-refractivity contribution is 0.183. The van der Waals surface area contributed by atoms with E-state index in [0.29, 0.717) is 6.04 Å². The number of aryl methyl sites for hydroxylation is 1. The molecule has 0 spiro atoms. The molecule has 1 atom stereocenters. The Labute approximate surface area is 144 Å². The van der Waals surface area contributed by atoms with Gasteiger partial charge in [-0.3, -0.25) is 4.90 Å². The van der Waals surface area contributed by atoms with Crippen LogP contribution in [0.5, 0.6) is 5.75 Å². The molecular formula is C20H28N2O2. The standard InChI is InChI=1S/C20H28N2O2/c1-15(2)23-18-10-8-17(9-11-18)14-22-12-6-4-5-7-20(22)19-13-16(3)24-21-19/h8-11,13,15,20H,4-7,12,14H2,1-3H3/t20-/m1/s1. The summed E-state index contributed by atoms with van der Waals surface area (Å²) in [5, 5.41) is 4.28. The Kier molecular flexibility index (Phi) is 5.56. The zero-order chi connectivity index (χ0) is 16.9. The van der Waals surface area contributed by atoms with Crippen LogP contribution in [0.15, 0.2) is 34.9 Å². The first-order valence-electron chi connectivity index (χ1n) is 9.04. The van der Waals surface area contributed by atoms with E-state index in [0.717, 1.165) is 36.7 Å². The van der Waals surface area contributed by atoms with E-state index >= 15 is 0 Å². The molecule has 0 aliphatic carbocycles. The third-order valence-electron chi connectivity index (χ3n) is 4.53. The van der Waals surface area contributed by atoms with Crippen LogP contribution in [0.4, 0.5) is 0 Å². The highest BCUT2D eigenvalue weighted by Crippen LogP contribution is 2.31. The molecule has 1 saturated heterocycles. The van der Waals surface area contributed by atoms with Crippen molar-refractivity contribution < 1.29 is 9.26 Å². The third-order valence-corrected chi connectivity index (χ3v) is 4.53. The summed E-state index contributed by atoms with van der Waals surface area (Å²) in [5.41, 5.74) is 2.40. The predicted molar refractivity (Wildman–Crippen MR) is 95.1 cm³/mol. The Balaban J connectivity index is 1.72. The third kappa shape index (κ3) is 4.38. The van der Waals surface area contributed by atoms with Crippen LogP contribution < -0.4 is 4.74 Å². The largest absolute Gasteiger partial charge is 0.491 e. The number of likely N-dealkylation sites (tertiary alicyclic amines) is 1. The van der Waals surface area contributed by atoms with Crippen molar-refractivity contribution in [2.45, 2.75) is 65.1 Å². The second-order valence-electron chi connectivity index (χ2n) is 7.01. The monoisotopic (exact) mass is 328 g/mol. The van der Waals surface area contributed by atoms with E-state index in [-0.39, 0.29) is 6.10 Å². The van der Waals surface area contributed by atoms with Gasteiger partial charge in [-0.2, -0.15) is 0 Å². The first kappa shape index (κ1) is 17.0. The summed E-state index contributed by atoms with van der Waals surface area (Å²) in [5.74, 6) is 1.83. The lowest BCUT2D eigenvalue weighted by Crippen LogP contribution is -2.28. The molecule has 4 heteroatoms. The average molecular weight is 328 g/mol. The minimum absolute atomic E-state index is 0.209. The van der Waals surface area contributed by atoms with Gasteiger partial charge in [-0.05, 0) is 57.9 Å². The normalized spacial score (nSPS) is 19.4. The van der Waals surface area contributed by atoms with E-state index in [1.807, 2.05) is 6.92 Å². The highest BCUT2D eigenvalue weighted by atomic mass is 16.5. The van der Waals surface area contributed by atoms with Crippen LogP contribution in [0.1, 0.15) is 62.6 Å². The van der Waals surface area contributed by atoms with Crippen molar-refractivity contribution in [3.05, 3.63) is 47.3 Å². The Bertz CT molecular complexity index is 633. The number of ether oxygens (including phenoxy) is 1. The number of hydrogen-bond donors (Lipinski definition) is 0. The van der Waals surface area contributed by atoms with Crippen LogP contribution in [0, 0.1) is 6.92 Å². The molecule has 0 radical (unpaired) electrons. The fraction of sp³-hybridized carbons (Fsp3) is 0.550. The van der Waals surface area contributed by atoms with Gasteiger partial charge < -0.3 is 9.26 Å². The predicted octanol–water partition coefficient (Wildman–Crippen LogP) is 4.89. The van der Waals surface area contributed by atoms with Gasteiger partial charge in [0.25, 0.3) is 0 Å². The van der Waals surface area contributed by atoms with Crippen molar-refractivity contribution in [3.8, 4) is 5.75 Å². The van der Waals surface area contributed by atoms with Gasteiger partial charge in [-0.25, -0.2) is 0 Å². The van der Waals surface area contributed by atoms with Crippen molar-refractivity contribution in [2.75, 3.05) is 6.54 Å². The van der Waals surface area contributed by atoms with Gasteiger partial charge in [0.05, 0.1) is 12.1 Å². The number of aromatic nitrogens is 1.